The SMILES string of the molecule is CN(C)c1ccc([C@@H]2CC(=O)C=C(O)[C@H]2n2cncn2)cc1. The van der Waals surface area contributed by atoms with Crippen molar-refractivity contribution in [2.45, 2.75) is 18.4 Å². The zero-order valence-electron chi connectivity index (χ0n) is 12.5. The van der Waals surface area contributed by atoms with Gasteiger partial charge in [-0.25, -0.2) is 9.67 Å². The van der Waals surface area contributed by atoms with Crippen molar-refractivity contribution >= 4 is 11.5 Å². The Balaban J connectivity index is 1.99. The molecule has 0 bridgehead atoms. The van der Waals surface area contributed by atoms with Crippen molar-refractivity contribution in [2.75, 3.05) is 19.0 Å². The highest BCUT2D eigenvalue weighted by Crippen LogP contribution is 2.39. The number of carbonyl (C=O) groups excluding carboxylic acids is 1. The van der Waals surface area contributed by atoms with E-state index in [0.29, 0.717) is 6.42 Å². The molecule has 1 aliphatic carbocycles. The molecule has 0 amide bonds. The molecule has 0 radical (unpaired) electrons. The number of rotatable bonds is 3. The first kappa shape index (κ1) is 14.3. The summed E-state index contributed by atoms with van der Waals surface area (Å²) in [7, 11) is 3.96. The van der Waals surface area contributed by atoms with Crippen LogP contribution in [0.2, 0.25) is 0 Å². The Morgan fingerprint density at radius 3 is 2.59 bits per heavy atom. The molecule has 2 aromatic rings. The van der Waals surface area contributed by atoms with E-state index in [1.54, 1.807) is 11.0 Å². The molecule has 6 nitrogen and oxygen atoms in total. The van der Waals surface area contributed by atoms with E-state index in [2.05, 4.69) is 10.1 Å². The maximum absolute atomic E-state index is 11.9. The third kappa shape index (κ3) is 2.59. The average Bonchev–Trinajstić information content (AvgIpc) is 3.00. The quantitative estimate of drug-likeness (QED) is 0.939. The minimum Gasteiger partial charge on any atom is -0.510 e. The van der Waals surface area contributed by atoms with Gasteiger partial charge in [0.1, 0.15) is 24.5 Å². The zero-order chi connectivity index (χ0) is 15.7. The maximum atomic E-state index is 11.9. The Kier molecular flexibility index (Phi) is 3.66. The van der Waals surface area contributed by atoms with Gasteiger partial charge < -0.3 is 10.0 Å². The molecule has 1 aromatic heterocycles. The van der Waals surface area contributed by atoms with E-state index >= 15 is 0 Å². The predicted octanol–water partition coefficient (Wildman–Crippen LogP) is 2.08. The van der Waals surface area contributed by atoms with Crippen LogP contribution in [-0.2, 0) is 4.79 Å². The van der Waals surface area contributed by atoms with Gasteiger partial charge in [0.05, 0.1) is 0 Å². The molecule has 1 aliphatic rings. The molecule has 22 heavy (non-hydrogen) atoms. The van der Waals surface area contributed by atoms with Gasteiger partial charge in [-0.15, -0.1) is 0 Å². The molecule has 0 unspecified atom stereocenters. The van der Waals surface area contributed by atoms with Gasteiger partial charge in [-0.05, 0) is 17.7 Å². The molecule has 0 aliphatic heterocycles. The lowest BCUT2D eigenvalue weighted by Gasteiger charge is -2.29. The summed E-state index contributed by atoms with van der Waals surface area (Å²) in [5.41, 5.74) is 2.09. The zero-order valence-corrected chi connectivity index (χ0v) is 12.5. The molecule has 2 atom stereocenters. The van der Waals surface area contributed by atoms with E-state index in [1.807, 2.05) is 43.3 Å². The smallest absolute Gasteiger partial charge is 0.159 e. The summed E-state index contributed by atoms with van der Waals surface area (Å²) in [5.74, 6) is -0.200. The van der Waals surface area contributed by atoms with Crippen molar-refractivity contribution in [1.82, 2.24) is 14.8 Å². The minimum atomic E-state index is -0.398. The van der Waals surface area contributed by atoms with Crippen LogP contribution in [0.5, 0.6) is 0 Å². The molecule has 1 aromatic carbocycles. The Bertz CT molecular complexity index is 689. The van der Waals surface area contributed by atoms with Gasteiger partial charge in [-0.1, -0.05) is 12.1 Å². The summed E-state index contributed by atoms with van der Waals surface area (Å²) in [6.45, 7) is 0. The number of nitrogens with zero attached hydrogens (tertiary/aromatic N) is 4. The normalized spacial score (nSPS) is 21.5. The lowest BCUT2D eigenvalue weighted by atomic mass is 9.82. The number of aromatic nitrogens is 3. The summed E-state index contributed by atoms with van der Waals surface area (Å²) in [5, 5.41) is 14.4. The van der Waals surface area contributed by atoms with Gasteiger partial charge in [0.15, 0.2) is 5.78 Å². The van der Waals surface area contributed by atoms with E-state index in [1.165, 1.54) is 12.4 Å². The summed E-state index contributed by atoms with van der Waals surface area (Å²) < 4.78 is 1.60. The van der Waals surface area contributed by atoms with Gasteiger partial charge in [0.25, 0.3) is 0 Å². The number of hydrogen-bond acceptors (Lipinski definition) is 5. The third-order valence-electron chi connectivity index (χ3n) is 3.97. The number of ketones is 1. The number of carbonyl (C=O) groups is 1. The minimum absolute atomic E-state index is 0.0310. The first-order valence-corrected chi connectivity index (χ1v) is 7.11. The van der Waals surface area contributed by atoms with E-state index in [0.717, 1.165) is 11.3 Å². The molecule has 1 heterocycles. The largest absolute Gasteiger partial charge is 0.510 e. The number of aliphatic hydroxyl groups excluding tert-OH is 1. The van der Waals surface area contributed by atoms with Crippen LogP contribution in [0.1, 0.15) is 23.9 Å². The summed E-state index contributed by atoms with van der Waals surface area (Å²) in [6, 6.07) is 7.61. The molecule has 0 fully saturated rings. The van der Waals surface area contributed by atoms with Gasteiger partial charge in [0, 0.05) is 38.2 Å². The fourth-order valence-electron chi connectivity index (χ4n) is 2.84. The van der Waals surface area contributed by atoms with E-state index in [9.17, 15) is 9.90 Å². The third-order valence-corrected chi connectivity index (χ3v) is 3.97. The molecule has 0 spiro atoms. The monoisotopic (exact) mass is 298 g/mol. The first-order chi connectivity index (χ1) is 10.6. The van der Waals surface area contributed by atoms with Crippen molar-refractivity contribution in [3.8, 4) is 0 Å². The maximum Gasteiger partial charge on any atom is 0.159 e. The van der Waals surface area contributed by atoms with Crippen molar-refractivity contribution < 1.29 is 9.90 Å². The number of hydrogen-bond donors (Lipinski definition) is 1. The van der Waals surface area contributed by atoms with Crippen LogP contribution in [0, 0.1) is 0 Å². The van der Waals surface area contributed by atoms with Gasteiger partial charge in [-0.2, -0.15) is 5.10 Å². The molecule has 1 N–H and O–H groups in total. The summed E-state index contributed by atoms with van der Waals surface area (Å²) in [4.78, 5) is 17.8. The highest BCUT2D eigenvalue weighted by Gasteiger charge is 2.34. The van der Waals surface area contributed by atoms with E-state index in [4.69, 9.17) is 0 Å². The van der Waals surface area contributed by atoms with Gasteiger partial charge in [-0.3, -0.25) is 4.79 Å². The second kappa shape index (κ2) is 5.63. The van der Waals surface area contributed by atoms with Crippen LogP contribution in [0.25, 0.3) is 0 Å². The molecule has 6 heteroatoms. The average molecular weight is 298 g/mol. The summed E-state index contributed by atoms with van der Waals surface area (Å²) in [6.07, 6.45) is 4.62. The van der Waals surface area contributed by atoms with Crippen LogP contribution >= 0.6 is 0 Å². The molecule has 3 rings (SSSR count). The van der Waals surface area contributed by atoms with Crippen molar-refractivity contribution in [3.05, 3.63) is 54.3 Å². The van der Waals surface area contributed by atoms with Crippen LogP contribution in [-0.4, -0.2) is 39.7 Å². The number of anilines is 1. The Labute approximate surface area is 128 Å². The number of allylic oxidation sites excluding steroid dienone is 2. The first-order valence-electron chi connectivity index (χ1n) is 7.11. The van der Waals surface area contributed by atoms with Gasteiger partial charge in [0.2, 0.25) is 0 Å². The number of aliphatic hydroxyl groups is 1. The topological polar surface area (TPSA) is 71.2 Å². The second-order valence-electron chi connectivity index (χ2n) is 5.65. The van der Waals surface area contributed by atoms with Crippen molar-refractivity contribution in [3.63, 3.8) is 0 Å². The van der Waals surface area contributed by atoms with Crippen molar-refractivity contribution in [1.29, 1.82) is 0 Å². The number of benzene rings is 1. The highest BCUT2D eigenvalue weighted by atomic mass is 16.3. The van der Waals surface area contributed by atoms with Crippen LogP contribution in [0.15, 0.2) is 48.8 Å². The Morgan fingerprint density at radius 1 is 1.27 bits per heavy atom. The lowest BCUT2D eigenvalue weighted by Crippen LogP contribution is -2.27. The molecule has 0 saturated carbocycles. The molecular weight excluding hydrogens is 280 g/mol. The lowest BCUT2D eigenvalue weighted by molar-refractivity contribution is -0.116. The standard InChI is InChI=1S/C16H18N4O2/c1-19(2)12-5-3-11(4-6-12)14-7-13(21)8-15(22)16(14)20-10-17-9-18-20/h3-6,8-10,14,16,22H,7H2,1-2H3/t14-,16-/m0/s1. The van der Waals surface area contributed by atoms with Crippen LogP contribution in [0.4, 0.5) is 5.69 Å². The molecular formula is C16H18N4O2. The van der Waals surface area contributed by atoms with Crippen LogP contribution < -0.4 is 4.90 Å². The van der Waals surface area contributed by atoms with Crippen molar-refractivity contribution in [2.24, 2.45) is 0 Å². The highest BCUT2D eigenvalue weighted by molar-refractivity contribution is 5.92. The van der Waals surface area contributed by atoms with Crippen LogP contribution in [0.3, 0.4) is 0 Å². The Hall–Kier alpha value is -2.63. The fraction of sp³-hybridized carbons (Fsp3) is 0.312. The molecule has 0 saturated heterocycles. The fourth-order valence-corrected chi connectivity index (χ4v) is 2.84. The Morgan fingerprint density at radius 2 is 2.00 bits per heavy atom. The van der Waals surface area contributed by atoms with E-state index < -0.39 is 6.04 Å². The van der Waals surface area contributed by atoms with Gasteiger partial charge >= 0.3 is 0 Å². The second-order valence-corrected chi connectivity index (χ2v) is 5.65. The molecule has 114 valence electrons. The summed E-state index contributed by atoms with van der Waals surface area (Å²) >= 11 is 0. The predicted molar refractivity (Wildman–Crippen MR) is 82.9 cm³/mol. The van der Waals surface area contributed by atoms with E-state index in [-0.39, 0.29) is 17.5 Å².